The highest BCUT2D eigenvalue weighted by molar-refractivity contribution is 5.80. The zero-order chi connectivity index (χ0) is 16.3. The summed E-state index contributed by atoms with van der Waals surface area (Å²) in [6.45, 7) is 0. The van der Waals surface area contributed by atoms with E-state index in [1.165, 1.54) is 25.3 Å². The third-order valence-corrected chi connectivity index (χ3v) is 2.79. The molecule has 0 bridgehead atoms. The molecule has 0 saturated carbocycles. The number of ether oxygens (including phenoxy) is 2. The van der Waals surface area contributed by atoms with Crippen molar-refractivity contribution in [1.82, 2.24) is 0 Å². The maximum Gasteiger partial charge on any atom is 0.573 e. The molecule has 0 saturated heterocycles. The number of carbonyl (C=O) groups is 1. The second-order valence-electron chi connectivity index (χ2n) is 4.30. The van der Waals surface area contributed by atoms with E-state index in [0.717, 1.165) is 18.2 Å². The van der Waals surface area contributed by atoms with E-state index in [1.54, 1.807) is 0 Å². The lowest BCUT2D eigenvalue weighted by molar-refractivity contribution is -0.274. The molecule has 0 unspecified atom stereocenters. The molecule has 2 aromatic carbocycles. The van der Waals surface area contributed by atoms with Gasteiger partial charge in [-0.05, 0) is 35.9 Å². The van der Waals surface area contributed by atoms with Gasteiger partial charge in [0, 0.05) is 17.2 Å². The highest BCUT2D eigenvalue weighted by Crippen LogP contribution is 2.32. The van der Waals surface area contributed by atoms with Gasteiger partial charge in [0.15, 0.2) is 0 Å². The number of alkyl halides is 3. The molecule has 3 nitrogen and oxygen atoms in total. The summed E-state index contributed by atoms with van der Waals surface area (Å²) in [5, 5.41) is 0. The SMILES string of the molecule is COc1ccc(-c2cc(C=O)cc(OC(F)(F)F)c2)c(F)c1. The molecule has 0 aromatic heterocycles. The molecular weight excluding hydrogens is 304 g/mol. The van der Waals surface area contributed by atoms with Gasteiger partial charge in [-0.1, -0.05) is 0 Å². The lowest BCUT2D eigenvalue weighted by Gasteiger charge is -2.12. The van der Waals surface area contributed by atoms with Crippen molar-refractivity contribution in [3.05, 3.63) is 47.8 Å². The largest absolute Gasteiger partial charge is 0.573 e. The molecule has 0 radical (unpaired) electrons. The average Bonchev–Trinajstić information content (AvgIpc) is 2.44. The average molecular weight is 314 g/mol. The lowest BCUT2D eigenvalue weighted by Crippen LogP contribution is -2.17. The number of methoxy groups -OCH3 is 1. The van der Waals surface area contributed by atoms with Crippen LogP contribution in [0.1, 0.15) is 10.4 Å². The van der Waals surface area contributed by atoms with E-state index in [0.29, 0.717) is 6.29 Å². The molecule has 2 rings (SSSR count). The van der Waals surface area contributed by atoms with Crippen LogP contribution in [0, 0.1) is 5.82 Å². The van der Waals surface area contributed by atoms with Gasteiger partial charge in [-0.2, -0.15) is 0 Å². The standard InChI is InChI=1S/C15H10F4O3/c1-21-11-2-3-13(14(16)7-11)10-4-9(8-20)5-12(6-10)22-15(17,18)19/h2-8H,1H3. The third kappa shape index (κ3) is 3.75. The summed E-state index contributed by atoms with van der Waals surface area (Å²) in [4.78, 5) is 10.8. The van der Waals surface area contributed by atoms with E-state index < -0.39 is 17.9 Å². The number of rotatable bonds is 4. The van der Waals surface area contributed by atoms with Gasteiger partial charge < -0.3 is 9.47 Å². The number of aldehydes is 1. The van der Waals surface area contributed by atoms with Crippen LogP contribution in [0.5, 0.6) is 11.5 Å². The Labute approximate surface area is 123 Å². The molecule has 0 atom stereocenters. The van der Waals surface area contributed by atoms with Gasteiger partial charge in [0.05, 0.1) is 7.11 Å². The Balaban J connectivity index is 2.50. The highest BCUT2D eigenvalue weighted by atomic mass is 19.4. The second kappa shape index (κ2) is 6.05. The summed E-state index contributed by atoms with van der Waals surface area (Å²) >= 11 is 0. The fourth-order valence-electron chi connectivity index (χ4n) is 1.90. The molecule has 7 heteroatoms. The first-order chi connectivity index (χ1) is 10.3. The molecule has 0 heterocycles. The monoisotopic (exact) mass is 314 g/mol. The van der Waals surface area contributed by atoms with Crippen LogP contribution in [0.15, 0.2) is 36.4 Å². The fraction of sp³-hybridized carbons (Fsp3) is 0.133. The molecule has 0 fully saturated rings. The van der Waals surface area contributed by atoms with Crippen molar-refractivity contribution in [1.29, 1.82) is 0 Å². The van der Waals surface area contributed by atoms with Crippen LogP contribution < -0.4 is 9.47 Å². The minimum absolute atomic E-state index is 0.0246. The lowest BCUT2D eigenvalue weighted by atomic mass is 10.0. The van der Waals surface area contributed by atoms with Crippen molar-refractivity contribution in [3.63, 3.8) is 0 Å². The summed E-state index contributed by atoms with van der Waals surface area (Å²) in [5.41, 5.74) is 0.0486. The van der Waals surface area contributed by atoms with Crippen LogP contribution in [-0.2, 0) is 0 Å². The van der Waals surface area contributed by atoms with Gasteiger partial charge >= 0.3 is 6.36 Å². The Bertz CT molecular complexity index is 696. The van der Waals surface area contributed by atoms with Crippen LogP contribution in [0.4, 0.5) is 17.6 Å². The highest BCUT2D eigenvalue weighted by Gasteiger charge is 2.31. The molecule has 0 aliphatic heterocycles. The molecule has 0 N–H and O–H groups in total. The Kier molecular flexibility index (Phi) is 4.35. The van der Waals surface area contributed by atoms with Crippen molar-refractivity contribution in [2.75, 3.05) is 7.11 Å². The predicted octanol–water partition coefficient (Wildman–Crippen LogP) is 4.21. The van der Waals surface area contributed by atoms with Crippen molar-refractivity contribution < 1.29 is 31.8 Å². The van der Waals surface area contributed by atoms with Gasteiger partial charge in [0.1, 0.15) is 23.6 Å². The summed E-state index contributed by atoms with van der Waals surface area (Å²) < 4.78 is 59.5. The van der Waals surface area contributed by atoms with Crippen LogP contribution in [-0.4, -0.2) is 19.8 Å². The van der Waals surface area contributed by atoms with Crippen molar-refractivity contribution in [2.45, 2.75) is 6.36 Å². The molecule has 22 heavy (non-hydrogen) atoms. The van der Waals surface area contributed by atoms with E-state index in [4.69, 9.17) is 4.74 Å². The quantitative estimate of drug-likeness (QED) is 0.626. The van der Waals surface area contributed by atoms with E-state index in [-0.39, 0.29) is 22.4 Å². The minimum Gasteiger partial charge on any atom is -0.497 e. The van der Waals surface area contributed by atoms with Crippen LogP contribution >= 0.6 is 0 Å². The minimum atomic E-state index is -4.91. The van der Waals surface area contributed by atoms with Gasteiger partial charge in [-0.3, -0.25) is 4.79 Å². The van der Waals surface area contributed by atoms with E-state index in [2.05, 4.69) is 4.74 Å². The fourth-order valence-corrected chi connectivity index (χ4v) is 1.90. The zero-order valence-electron chi connectivity index (χ0n) is 11.3. The molecule has 2 aromatic rings. The zero-order valence-corrected chi connectivity index (χ0v) is 11.3. The van der Waals surface area contributed by atoms with Gasteiger partial charge in [-0.15, -0.1) is 13.2 Å². The van der Waals surface area contributed by atoms with Crippen LogP contribution in [0.2, 0.25) is 0 Å². The molecular formula is C15H10F4O3. The van der Waals surface area contributed by atoms with Gasteiger partial charge in [0.2, 0.25) is 0 Å². The van der Waals surface area contributed by atoms with Gasteiger partial charge in [0.25, 0.3) is 0 Å². The number of halogens is 4. The number of benzene rings is 2. The Hall–Kier alpha value is -2.57. The van der Waals surface area contributed by atoms with Gasteiger partial charge in [-0.25, -0.2) is 4.39 Å². The first-order valence-electron chi connectivity index (χ1n) is 6.02. The number of carbonyl (C=O) groups excluding carboxylic acids is 1. The second-order valence-corrected chi connectivity index (χ2v) is 4.30. The Morgan fingerprint density at radius 3 is 2.32 bits per heavy atom. The summed E-state index contributed by atoms with van der Waals surface area (Å²) in [5.74, 6) is -1.03. The summed E-state index contributed by atoms with van der Waals surface area (Å²) in [6, 6.07) is 7.08. The molecule has 0 aliphatic carbocycles. The summed E-state index contributed by atoms with van der Waals surface area (Å²) in [6.07, 6.45) is -4.55. The summed E-state index contributed by atoms with van der Waals surface area (Å²) in [7, 11) is 1.36. The van der Waals surface area contributed by atoms with Crippen molar-refractivity contribution in [2.24, 2.45) is 0 Å². The topological polar surface area (TPSA) is 35.5 Å². The van der Waals surface area contributed by atoms with E-state index in [9.17, 15) is 22.4 Å². The predicted molar refractivity (Wildman–Crippen MR) is 70.5 cm³/mol. The van der Waals surface area contributed by atoms with Crippen LogP contribution in [0.3, 0.4) is 0 Å². The first kappa shape index (κ1) is 15.8. The maximum absolute atomic E-state index is 14.0. The molecule has 0 aliphatic rings. The smallest absolute Gasteiger partial charge is 0.497 e. The van der Waals surface area contributed by atoms with Crippen molar-refractivity contribution >= 4 is 6.29 Å². The number of hydrogen-bond acceptors (Lipinski definition) is 3. The van der Waals surface area contributed by atoms with E-state index >= 15 is 0 Å². The normalized spacial score (nSPS) is 11.1. The Morgan fingerprint density at radius 1 is 1.05 bits per heavy atom. The van der Waals surface area contributed by atoms with E-state index in [1.807, 2.05) is 0 Å². The third-order valence-electron chi connectivity index (χ3n) is 2.79. The van der Waals surface area contributed by atoms with Crippen molar-refractivity contribution in [3.8, 4) is 22.6 Å². The number of hydrogen-bond donors (Lipinski definition) is 0. The first-order valence-corrected chi connectivity index (χ1v) is 6.02. The van der Waals surface area contributed by atoms with Crippen LogP contribution in [0.25, 0.3) is 11.1 Å². The molecule has 0 amide bonds. The maximum atomic E-state index is 14.0. The Morgan fingerprint density at radius 2 is 1.77 bits per heavy atom. The molecule has 0 spiro atoms. The molecule has 116 valence electrons.